The van der Waals surface area contributed by atoms with E-state index in [2.05, 4.69) is 10.6 Å². The first-order chi connectivity index (χ1) is 15.7. The molecular formula is C24H18F3N3O3. The van der Waals surface area contributed by atoms with Crippen molar-refractivity contribution in [3.63, 3.8) is 0 Å². The first-order valence-corrected chi connectivity index (χ1v) is 9.99. The number of amides is 3. The van der Waals surface area contributed by atoms with Gasteiger partial charge in [0.1, 0.15) is 6.04 Å². The third-order valence-electron chi connectivity index (χ3n) is 5.13. The van der Waals surface area contributed by atoms with Crippen LogP contribution in [0.3, 0.4) is 0 Å². The van der Waals surface area contributed by atoms with Gasteiger partial charge in [-0.25, -0.2) is 0 Å². The van der Waals surface area contributed by atoms with Crippen molar-refractivity contribution in [1.82, 2.24) is 0 Å². The van der Waals surface area contributed by atoms with Crippen molar-refractivity contribution in [1.29, 1.82) is 0 Å². The van der Waals surface area contributed by atoms with E-state index >= 15 is 0 Å². The number of anilines is 3. The Morgan fingerprint density at radius 2 is 1.64 bits per heavy atom. The zero-order chi connectivity index (χ0) is 23.6. The van der Waals surface area contributed by atoms with E-state index in [0.29, 0.717) is 16.9 Å². The zero-order valence-electron chi connectivity index (χ0n) is 17.1. The molecule has 3 aromatic rings. The van der Waals surface area contributed by atoms with E-state index < -0.39 is 41.9 Å². The number of hydrogen-bond acceptors (Lipinski definition) is 3. The lowest BCUT2D eigenvalue weighted by Gasteiger charge is -2.36. The summed E-state index contributed by atoms with van der Waals surface area (Å²) in [6.07, 6.45) is -5.01. The Kier molecular flexibility index (Phi) is 5.87. The molecule has 0 aliphatic carbocycles. The molecule has 0 saturated heterocycles. The summed E-state index contributed by atoms with van der Waals surface area (Å²) in [5.74, 6) is -1.76. The Morgan fingerprint density at radius 1 is 0.939 bits per heavy atom. The molecule has 0 bridgehead atoms. The maximum Gasteiger partial charge on any atom is 0.416 e. The maximum absolute atomic E-state index is 13.3. The number of carbonyl (C=O) groups excluding carboxylic acids is 3. The highest BCUT2D eigenvalue weighted by Crippen LogP contribution is 2.34. The average molecular weight is 453 g/mol. The molecule has 3 aromatic carbocycles. The predicted molar refractivity (Wildman–Crippen MR) is 117 cm³/mol. The van der Waals surface area contributed by atoms with Gasteiger partial charge in [-0.05, 0) is 42.5 Å². The molecule has 1 atom stereocenters. The second kappa shape index (κ2) is 8.78. The minimum absolute atomic E-state index is 0.0626. The molecule has 4 rings (SSSR count). The molecular weight excluding hydrogens is 435 g/mol. The highest BCUT2D eigenvalue weighted by atomic mass is 19.4. The fraction of sp³-hybridized carbons (Fsp3) is 0.125. The van der Waals surface area contributed by atoms with Crippen LogP contribution in [0.1, 0.15) is 22.3 Å². The second-order valence-electron chi connectivity index (χ2n) is 7.39. The van der Waals surface area contributed by atoms with E-state index in [1.165, 1.54) is 17.0 Å². The van der Waals surface area contributed by atoms with Gasteiger partial charge in [0.05, 0.1) is 23.4 Å². The number of halogens is 3. The van der Waals surface area contributed by atoms with E-state index in [1.807, 2.05) is 0 Å². The summed E-state index contributed by atoms with van der Waals surface area (Å²) >= 11 is 0. The Balaban J connectivity index is 1.62. The molecule has 2 N–H and O–H groups in total. The van der Waals surface area contributed by atoms with Crippen molar-refractivity contribution in [3.8, 4) is 0 Å². The molecule has 9 heteroatoms. The van der Waals surface area contributed by atoms with E-state index in [-0.39, 0.29) is 5.69 Å². The molecule has 1 aliphatic rings. The van der Waals surface area contributed by atoms with Crippen LogP contribution in [0.4, 0.5) is 30.2 Å². The van der Waals surface area contributed by atoms with Crippen molar-refractivity contribution in [2.75, 3.05) is 15.5 Å². The Hall–Kier alpha value is -4.14. The molecule has 0 fully saturated rings. The van der Waals surface area contributed by atoms with Crippen LogP contribution in [-0.2, 0) is 15.8 Å². The monoisotopic (exact) mass is 453 g/mol. The Labute approximate surface area is 187 Å². The van der Waals surface area contributed by atoms with Crippen LogP contribution in [-0.4, -0.2) is 23.8 Å². The van der Waals surface area contributed by atoms with Crippen LogP contribution in [0.25, 0.3) is 0 Å². The van der Waals surface area contributed by atoms with Crippen LogP contribution >= 0.6 is 0 Å². The molecule has 0 unspecified atom stereocenters. The number of alkyl halides is 3. The fourth-order valence-corrected chi connectivity index (χ4v) is 3.61. The summed E-state index contributed by atoms with van der Waals surface area (Å²) in [6, 6.07) is 18.0. The lowest BCUT2D eigenvalue weighted by molar-refractivity contribution is -0.137. The summed E-state index contributed by atoms with van der Waals surface area (Å²) in [5, 5.41) is 5.07. The first-order valence-electron chi connectivity index (χ1n) is 9.99. The van der Waals surface area contributed by atoms with E-state index in [4.69, 9.17) is 0 Å². The third kappa shape index (κ3) is 4.72. The van der Waals surface area contributed by atoms with Crippen molar-refractivity contribution >= 4 is 34.8 Å². The van der Waals surface area contributed by atoms with E-state index in [1.54, 1.807) is 54.6 Å². The predicted octanol–water partition coefficient (Wildman–Crippen LogP) is 4.70. The van der Waals surface area contributed by atoms with Crippen LogP contribution in [0.15, 0.2) is 78.9 Å². The fourth-order valence-electron chi connectivity index (χ4n) is 3.61. The summed E-state index contributed by atoms with van der Waals surface area (Å²) in [6.45, 7) is 0. The summed E-state index contributed by atoms with van der Waals surface area (Å²) < 4.78 is 38.9. The molecule has 0 radical (unpaired) electrons. The molecule has 0 aromatic heterocycles. The van der Waals surface area contributed by atoms with Gasteiger partial charge >= 0.3 is 6.18 Å². The van der Waals surface area contributed by atoms with Gasteiger partial charge in [-0.15, -0.1) is 0 Å². The third-order valence-corrected chi connectivity index (χ3v) is 5.13. The highest BCUT2D eigenvalue weighted by Gasteiger charge is 2.38. The standard InChI is InChI=1S/C24H18F3N3O3/c25-24(26,27)16-9-6-10-17(13-16)28-21(31)14-20-22(32)29-18-11-4-5-12-19(18)30(20)23(33)15-7-2-1-3-8-15/h1-13,20H,14H2,(H,28,31)(H,29,32)/t20-/m1/s1. The van der Waals surface area contributed by atoms with Gasteiger partial charge in [-0.2, -0.15) is 13.2 Å². The normalized spacial score (nSPS) is 15.4. The highest BCUT2D eigenvalue weighted by molar-refractivity contribution is 6.17. The summed E-state index contributed by atoms with van der Waals surface area (Å²) in [7, 11) is 0. The number of para-hydroxylation sites is 2. The second-order valence-corrected chi connectivity index (χ2v) is 7.39. The van der Waals surface area contributed by atoms with Gasteiger partial charge in [0.25, 0.3) is 5.91 Å². The molecule has 0 saturated carbocycles. The minimum atomic E-state index is -4.56. The van der Waals surface area contributed by atoms with Crippen LogP contribution in [0.5, 0.6) is 0 Å². The van der Waals surface area contributed by atoms with Crippen molar-refractivity contribution in [2.45, 2.75) is 18.6 Å². The summed E-state index contributed by atoms with van der Waals surface area (Å²) in [5.41, 5.74) is 0.187. The molecule has 6 nitrogen and oxygen atoms in total. The number of hydrogen-bond donors (Lipinski definition) is 2. The van der Waals surface area contributed by atoms with Gasteiger partial charge in [0.15, 0.2) is 0 Å². The molecule has 1 heterocycles. The van der Waals surface area contributed by atoms with Crippen molar-refractivity contribution in [3.05, 3.63) is 90.0 Å². The van der Waals surface area contributed by atoms with Gasteiger partial charge < -0.3 is 10.6 Å². The molecule has 0 spiro atoms. The Morgan fingerprint density at radius 3 is 2.36 bits per heavy atom. The lowest BCUT2D eigenvalue weighted by Crippen LogP contribution is -2.52. The van der Waals surface area contributed by atoms with E-state index in [0.717, 1.165) is 12.1 Å². The molecule has 168 valence electrons. The summed E-state index contributed by atoms with van der Waals surface area (Å²) in [4.78, 5) is 40.1. The first kappa shape index (κ1) is 22.1. The molecule has 1 aliphatic heterocycles. The maximum atomic E-state index is 13.3. The van der Waals surface area contributed by atoms with Crippen LogP contribution in [0.2, 0.25) is 0 Å². The smallest absolute Gasteiger partial charge is 0.326 e. The van der Waals surface area contributed by atoms with Crippen LogP contribution < -0.4 is 15.5 Å². The van der Waals surface area contributed by atoms with Crippen molar-refractivity contribution < 1.29 is 27.6 Å². The molecule has 33 heavy (non-hydrogen) atoms. The largest absolute Gasteiger partial charge is 0.416 e. The lowest BCUT2D eigenvalue weighted by atomic mass is 10.0. The quantitative estimate of drug-likeness (QED) is 0.601. The zero-order valence-corrected chi connectivity index (χ0v) is 17.1. The number of rotatable bonds is 4. The van der Waals surface area contributed by atoms with Gasteiger partial charge in [0, 0.05) is 11.3 Å². The van der Waals surface area contributed by atoms with Gasteiger partial charge in [-0.1, -0.05) is 36.4 Å². The van der Waals surface area contributed by atoms with Crippen LogP contribution in [0, 0.1) is 0 Å². The molecule has 3 amide bonds. The van der Waals surface area contributed by atoms with E-state index in [9.17, 15) is 27.6 Å². The number of benzene rings is 3. The number of nitrogens with zero attached hydrogens (tertiary/aromatic N) is 1. The van der Waals surface area contributed by atoms with Gasteiger partial charge in [0.2, 0.25) is 11.8 Å². The van der Waals surface area contributed by atoms with Gasteiger partial charge in [-0.3, -0.25) is 19.3 Å². The van der Waals surface area contributed by atoms with Crippen molar-refractivity contribution in [2.24, 2.45) is 0 Å². The number of nitrogens with one attached hydrogen (secondary N) is 2. The average Bonchev–Trinajstić information content (AvgIpc) is 2.79. The SMILES string of the molecule is O=C(C[C@@H]1C(=O)Nc2ccccc2N1C(=O)c1ccccc1)Nc1cccc(C(F)(F)F)c1. The topological polar surface area (TPSA) is 78.5 Å². The Bertz CT molecular complexity index is 1210. The number of carbonyl (C=O) groups is 3. The number of fused-ring (bicyclic) bond motifs is 1. The minimum Gasteiger partial charge on any atom is -0.326 e.